The maximum absolute atomic E-state index is 12.7. The minimum atomic E-state index is -0.800. The predicted molar refractivity (Wildman–Crippen MR) is 93.5 cm³/mol. The van der Waals surface area contributed by atoms with Crippen LogP contribution in [-0.4, -0.2) is 63.9 Å². The number of aliphatic carboxylic acids is 1. The lowest BCUT2D eigenvalue weighted by molar-refractivity contribution is -0.145. The first-order valence-corrected chi connectivity index (χ1v) is 8.69. The Morgan fingerprint density at radius 2 is 1.84 bits per heavy atom. The van der Waals surface area contributed by atoms with Crippen LogP contribution in [0.3, 0.4) is 0 Å². The van der Waals surface area contributed by atoms with E-state index in [1.54, 1.807) is 11.9 Å². The Bertz CT molecular complexity index is 672. The highest BCUT2D eigenvalue weighted by Gasteiger charge is 2.28. The normalized spacial score (nSPS) is 15.3. The van der Waals surface area contributed by atoms with Gasteiger partial charge in [0, 0.05) is 38.1 Å². The smallest absolute Gasteiger partial charge is 0.306 e. The van der Waals surface area contributed by atoms with Gasteiger partial charge in [-0.25, -0.2) is 0 Å². The van der Waals surface area contributed by atoms with Crippen molar-refractivity contribution in [2.24, 2.45) is 5.92 Å². The van der Waals surface area contributed by atoms with Gasteiger partial charge in [-0.2, -0.15) is 0 Å². The summed E-state index contributed by atoms with van der Waals surface area (Å²) in [6, 6.07) is 1.86. The van der Waals surface area contributed by atoms with Crippen LogP contribution in [0, 0.1) is 19.8 Å². The van der Waals surface area contributed by atoms with Crippen LogP contribution < -0.4 is 0 Å². The lowest BCUT2D eigenvalue weighted by Crippen LogP contribution is -2.45. The Hall–Kier alpha value is -2.31. The summed E-state index contributed by atoms with van der Waals surface area (Å²) in [5.41, 5.74) is 2.56. The van der Waals surface area contributed by atoms with Crippen molar-refractivity contribution in [1.82, 2.24) is 14.4 Å². The Morgan fingerprint density at radius 1 is 1.24 bits per heavy atom. The van der Waals surface area contributed by atoms with Gasteiger partial charge in [0.2, 0.25) is 5.91 Å². The van der Waals surface area contributed by atoms with Crippen molar-refractivity contribution in [3.8, 4) is 0 Å². The van der Waals surface area contributed by atoms with Gasteiger partial charge < -0.3 is 19.5 Å². The zero-order valence-corrected chi connectivity index (χ0v) is 15.4. The number of carboxylic acids is 1. The van der Waals surface area contributed by atoms with E-state index < -0.39 is 5.97 Å². The van der Waals surface area contributed by atoms with Gasteiger partial charge in [-0.3, -0.25) is 14.4 Å². The topological polar surface area (TPSA) is 82.9 Å². The van der Waals surface area contributed by atoms with Crippen molar-refractivity contribution in [2.45, 2.75) is 40.2 Å². The summed E-state index contributed by atoms with van der Waals surface area (Å²) in [6.45, 7) is 7.58. The second-order valence-electron chi connectivity index (χ2n) is 6.68. The molecular formula is C18H27N3O4. The molecule has 0 saturated carbocycles. The average molecular weight is 349 g/mol. The second-order valence-corrected chi connectivity index (χ2v) is 6.68. The van der Waals surface area contributed by atoms with Gasteiger partial charge in [-0.15, -0.1) is 0 Å². The number of nitrogens with zero attached hydrogens (tertiary/aromatic N) is 3. The molecule has 0 bridgehead atoms. The number of likely N-dealkylation sites (N-methyl/N-ethyl adjacent to an activating group) is 1. The van der Waals surface area contributed by atoms with Crippen molar-refractivity contribution in [3.63, 3.8) is 0 Å². The van der Waals surface area contributed by atoms with Crippen LogP contribution in [0.25, 0.3) is 0 Å². The Morgan fingerprint density at radius 3 is 2.32 bits per heavy atom. The molecule has 0 unspecified atom stereocenters. The molecule has 0 atom stereocenters. The summed E-state index contributed by atoms with van der Waals surface area (Å²) in [5, 5.41) is 9.02. The fourth-order valence-electron chi connectivity index (χ4n) is 3.46. The number of carbonyl (C=O) groups is 3. The number of hydrogen-bond donors (Lipinski definition) is 1. The van der Waals surface area contributed by atoms with Crippen LogP contribution in [0.4, 0.5) is 0 Å². The number of carbonyl (C=O) groups excluding carboxylic acids is 2. The van der Waals surface area contributed by atoms with Crippen molar-refractivity contribution in [1.29, 1.82) is 0 Å². The van der Waals surface area contributed by atoms with E-state index in [4.69, 9.17) is 5.11 Å². The largest absolute Gasteiger partial charge is 0.481 e. The molecule has 0 spiro atoms. The first kappa shape index (κ1) is 19.0. The van der Waals surface area contributed by atoms with E-state index in [9.17, 15) is 14.4 Å². The first-order valence-electron chi connectivity index (χ1n) is 8.69. The third-order valence-electron chi connectivity index (χ3n) is 5.04. The summed E-state index contributed by atoms with van der Waals surface area (Å²) in [5.74, 6) is -1.47. The zero-order valence-electron chi connectivity index (χ0n) is 15.4. The highest BCUT2D eigenvalue weighted by Crippen LogP contribution is 2.19. The van der Waals surface area contributed by atoms with Gasteiger partial charge in [0.1, 0.15) is 0 Å². The van der Waals surface area contributed by atoms with Crippen LogP contribution in [0.15, 0.2) is 6.07 Å². The molecule has 7 nitrogen and oxygen atoms in total. The number of amides is 2. The minimum absolute atomic E-state index is 0.00631. The van der Waals surface area contributed by atoms with Gasteiger partial charge in [-0.1, -0.05) is 0 Å². The fraction of sp³-hybridized carbons (Fsp3) is 0.611. The Labute approximate surface area is 148 Å². The van der Waals surface area contributed by atoms with E-state index in [-0.39, 0.29) is 24.3 Å². The fourth-order valence-corrected chi connectivity index (χ4v) is 3.46. The van der Waals surface area contributed by atoms with E-state index in [0.29, 0.717) is 31.5 Å². The molecule has 7 heteroatoms. The van der Waals surface area contributed by atoms with Gasteiger partial charge in [0.05, 0.1) is 18.0 Å². The summed E-state index contributed by atoms with van der Waals surface area (Å²) >= 11 is 0. The monoisotopic (exact) mass is 349 g/mol. The van der Waals surface area contributed by atoms with Crippen molar-refractivity contribution in [2.75, 3.05) is 26.7 Å². The van der Waals surface area contributed by atoms with Gasteiger partial charge in [0.25, 0.3) is 5.91 Å². The van der Waals surface area contributed by atoms with Crippen molar-refractivity contribution in [3.05, 3.63) is 23.0 Å². The maximum atomic E-state index is 12.7. The van der Waals surface area contributed by atoms with E-state index in [0.717, 1.165) is 17.9 Å². The molecule has 25 heavy (non-hydrogen) atoms. The second kappa shape index (κ2) is 7.72. The highest BCUT2D eigenvalue weighted by atomic mass is 16.4. The molecule has 1 aliphatic rings. The Balaban J connectivity index is 1.97. The number of carboxylic acid groups (broad SMARTS) is 1. The summed E-state index contributed by atoms with van der Waals surface area (Å²) in [4.78, 5) is 39.2. The lowest BCUT2D eigenvalue weighted by atomic mass is 9.97. The highest BCUT2D eigenvalue weighted by molar-refractivity contribution is 5.97. The number of aryl methyl sites for hydroxylation is 1. The lowest BCUT2D eigenvalue weighted by Gasteiger charge is -2.31. The SMILES string of the molecule is CCn1c(C)cc(C(=O)N(C)CC(=O)N2CCC(C(=O)O)CC2)c1C. The van der Waals surface area contributed by atoms with Gasteiger partial charge in [0.15, 0.2) is 0 Å². The molecule has 0 aromatic carbocycles. The Kier molecular flexibility index (Phi) is 5.87. The number of aromatic nitrogens is 1. The molecule has 1 aromatic heterocycles. The van der Waals surface area contributed by atoms with Crippen molar-refractivity contribution < 1.29 is 19.5 Å². The molecular weight excluding hydrogens is 322 g/mol. The molecule has 1 saturated heterocycles. The third-order valence-corrected chi connectivity index (χ3v) is 5.04. The number of piperidine rings is 1. The average Bonchev–Trinajstić information content (AvgIpc) is 2.87. The third kappa shape index (κ3) is 4.03. The summed E-state index contributed by atoms with van der Waals surface area (Å²) < 4.78 is 2.07. The first-order chi connectivity index (χ1) is 11.8. The summed E-state index contributed by atoms with van der Waals surface area (Å²) in [6.07, 6.45) is 0.937. The molecule has 1 aliphatic heterocycles. The molecule has 1 fully saturated rings. The number of hydrogen-bond acceptors (Lipinski definition) is 3. The predicted octanol–water partition coefficient (Wildman–Crippen LogP) is 1.52. The zero-order chi connectivity index (χ0) is 18.7. The molecule has 2 amide bonds. The molecule has 2 rings (SSSR count). The van der Waals surface area contributed by atoms with E-state index in [1.807, 2.05) is 26.8 Å². The molecule has 138 valence electrons. The molecule has 1 aromatic rings. The number of likely N-dealkylation sites (tertiary alicyclic amines) is 1. The minimum Gasteiger partial charge on any atom is -0.481 e. The van der Waals surface area contributed by atoms with E-state index in [1.165, 1.54) is 4.90 Å². The molecule has 2 heterocycles. The van der Waals surface area contributed by atoms with Crippen LogP contribution in [0.2, 0.25) is 0 Å². The van der Waals surface area contributed by atoms with Crippen LogP contribution in [-0.2, 0) is 16.1 Å². The van der Waals surface area contributed by atoms with Gasteiger partial charge >= 0.3 is 5.97 Å². The van der Waals surface area contributed by atoms with Crippen LogP contribution in [0.5, 0.6) is 0 Å². The van der Waals surface area contributed by atoms with Gasteiger partial charge in [-0.05, 0) is 39.7 Å². The van der Waals surface area contributed by atoms with Crippen LogP contribution in [0.1, 0.15) is 41.5 Å². The maximum Gasteiger partial charge on any atom is 0.306 e. The molecule has 0 radical (unpaired) electrons. The summed E-state index contributed by atoms with van der Waals surface area (Å²) in [7, 11) is 1.63. The van der Waals surface area contributed by atoms with Crippen LogP contribution >= 0.6 is 0 Å². The van der Waals surface area contributed by atoms with E-state index in [2.05, 4.69) is 4.57 Å². The van der Waals surface area contributed by atoms with Crippen molar-refractivity contribution >= 4 is 17.8 Å². The standard InChI is InChI=1S/C18H27N3O4/c1-5-21-12(2)10-15(13(21)3)17(23)19(4)11-16(22)20-8-6-14(7-9-20)18(24)25/h10,14H,5-9,11H2,1-4H3,(H,24,25). The molecule has 1 N–H and O–H groups in total. The number of rotatable bonds is 5. The molecule has 0 aliphatic carbocycles. The quantitative estimate of drug-likeness (QED) is 0.874. The van der Waals surface area contributed by atoms with E-state index >= 15 is 0 Å².